The SMILES string of the molecule is CCCCS(=O)(=O)O.[H-].[Rb+]. The van der Waals surface area contributed by atoms with Crippen molar-refractivity contribution in [1.29, 1.82) is 0 Å². The van der Waals surface area contributed by atoms with Gasteiger partial charge in [-0.25, -0.2) is 0 Å². The number of hydrogen-bond donors (Lipinski definition) is 1. The molecular formula is C4H11O3RbS. The van der Waals surface area contributed by atoms with Crippen molar-refractivity contribution in [2.24, 2.45) is 0 Å². The van der Waals surface area contributed by atoms with Crippen molar-refractivity contribution in [2.75, 3.05) is 5.75 Å². The van der Waals surface area contributed by atoms with E-state index < -0.39 is 10.1 Å². The average molecular weight is 225 g/mol. The van der Waals surface area contributed by atoms with Crippen molar-refractivity contribution in [3.05, 3.63) is 0 Å². The van der Waals surface area contributed by atoms with Gasteiger partial charge in [0.05, 0.1) is 5.75 Å². The number of unbranched alkanes of at least 4 members (excludes halogenated alkanes) is 1. The van der Waals surface area contributed by atoms with E-state index in [1.165, 1.54) is 0 Å². The van der Waals surface area contributed by atoms with Crippen LogP contribution in [0, 0.1) is 0 Å². The standard InChI is InChI=1S/C4H10O3S.Rb.H/c1-2-3-4-8(5,6)7;;/h2-4H2,1H3,(H,5,6,7);;/q;+1;-1. The van der Waals surface area contributed by atoms with E-state index in [9.17, 15) is 8.42 Å². The van der Waals surface area contributed by atoms with Crippen LogP contribution in [0.3, 0.4) is 0 Å². The molecule has 0 aliphatic rings. The normalized spacial score (nSPS) is 10.4. The van der Waals surface area contributed by atoms with E-state index in [0.29, 0.717) is 6.42 Å². The van der Waals surface area contributed by atoms with Gasteiger partial charge in [-0.05, 0) is 6.42 Å². The smallest absolute Gasteiger partial charge is 1.00 e. The quantitative estimate of drug-likeness (QED) is 0.554. The van der Waals surface area contributed by atoms with Gasteiger partial charge in [-0.15, -0.1) is 0 Å². The monoisotopic (exact) mass is 224 g/mol. The second-order valence-electron chi connectivity index (χ2n) is 1.64. The van der Waals surface area contributed by atoms with Crippen molar-refractivity contribution in [1.82, 2.24) is 0 Å². The third-order valence-corrected chi connectivity index (χ3v) is 1.56. The predicted octanol–water partition coefficient (Wildman–Crippen LogP) is -2.21. The minimum absolute atomic E-state index is 0. The molecule has 0 rings (SSSR count). The third-order valence-electron chi connectivity index (χ3n) is 0.756. The minimum Gasteiger partial charge on any atom is -1.00 e. The van der Waals surface area contributed by atoms with Gasteiger partial charge >= 0.3 is 58.2 Å². The molecule has 9 heavy (non-hydrogen) atoms. The molecular weight excluding hydrogens is 214 g/mol. The first-order valence-corrected chi connectivity index (χ1v) is 4.12. The first-order chi connectivity index (χ1) is 3.56. The van der Waals surface area contributed by atoms with Gasteiger partial charge in [-0.2, -0.15) is 8.42 Å². The molecule has 52 valence electrons. The molecule has 0 unspecified atom stereocenters. The average Bonchev–Trinajstić information content (AvgIpc) is 1.59. The summed E-state index contributed by atoms with van der Waals surface area (Å²) in [6.07, 6.45) is 1.33. The molecule has 0 bridgehead atoms. The molecule has 0 aliphatic carbocycles. The molecule has 0 aromatic heterocycles. The van der Waals surface area contributed by atoms with Crippen LogP contribution in [-0.2, 0) is 10.1 Å². The summed E-state index contributed by atoms with van der Waals surface area (Å²) < 4.78 is 28.0. The molecule has 0 saturated carbocycles. The summed E-state index contributed by atoms with van der Waals surface area (Å²) in [4.78, 5) is 0. The van der Waals surface area contributed by atoms with Gasteiger partial charge in [0.2, 0.25) is 0 Å². The van der Waals surface area contributed by atoms with Crippen molar-refractivity contribution >= 4 is 10.1 Å². The topological polar surface area (TPSA) is 54.4 Å². The van der Waals surface area contributed by atoms with Crippen molar-refractivity contribution in [2.45, 2.75) is 19.8 Å². The zero-order valence-corrected chi connectivity index (χ0v) is 11.5. The van der Waals surface area contributed by atoms with Gasteiger partial charge in [0.15, 0.2) is 0 Å². The van der Waals surface area contributed by atoms with Crippen LogP contribution in [0.2, 0.25) is 0 Å². The van der Waals surface area contributed by atoms with Crippen LogP contribution >= 0.6 is 0 Å². The Bertz CT molecular complexity index is 145. The third kappa shape index (κ3) is 12.8. The van der Waals surface area contributed by atoms with Crippen LogP contribution in [0.1, 0.15) is 21.2 Å². The first-order valence-electron chi connectivity index (χ1n) is 2.51. The van der Waals surface area contributed by atoms with Gasteiger partial charge in [-0.1, -0.05) is 13.3 Å². The van der Waals surface area contributed by atoms with Gasteiger partial charge < -0.3 is 1.43 Å². The maximum Gasteiger partial charge on any atom is 1.00 e. The maximum absolute atomic E-state index is 9.95. The first kappa shape index (κ1) is 13.3. The fourth-order valence-corrected chi connectivity index (χ4v) is 0.980. The fourth-order valence-electron chi connectivity index (χ4n) is 0.327. The molecule has 0 aliphatic heterocycles. The second-order valence-corrected chi connectivity index (χ2v) is 3.21. The molecule has 0 atom stereocenters. The Kier molecular flexibility index (Phi) is 9.51. The molecule has 0 heterocycles. The van der Waals surface area contributed by atoms with E-state index in [1.54, 1.807) is 0 Å². The molecule has 0 spiro atoms. The molecule has 0 fully saturated rings. The summed E-state index contributed by atoms with van der Waals surface area (Å²) in [7, 11) is -3.69. The summed E-state index contributed by atoms with van der Waals surface area (Å²) in [5, 5.41) is 0. The Balaban J connectivity index is -0.000000245. The van der Waals surface area contributed by atoms with Crippen LogP contribution in [0.15, 0.2) is 0 Å². The van der Waals surface area contributed by atoms with E-state index >= 15 is 0 Å². The van der Waals surface area contributed by atoms with Crippen molar-refractivity contribution < 1.29 is 72.6 Å². The van der Waals surface area contributed by atoms with Crippen LogP contribution in [0.4, 0.5) is 0 Å². The van der Waals surface area contributed by atoms with Gasteiger partial charge in [0.25, 0.3) is 10.1 Å². The van der Waals surface area contributed by atoms with Crippen LogP contribution in [0.5, 0.6) is 0 Å². The largest absolute Gasteiger partial charge is 1.00 e. The van der Waals surface area contributed by atoms with Crippen molar-refractivity contribution in [3.8, 4) is 0 Å². The number of hydrogen-bond acceptors (Lipinski definition) is 2. The summed E-state index contributed by atoms with van der Waals surface area (Å²) >= 11 is 0. The molecule has 0 saturated heterocycles. The molecule has 0 aromatic rings. The van der Waals surface area contributed by atoms with Gasteiger partial charge in [-0.3, -0.25) is 4.55 Å². The molecule has 0 aromatic carbocycles. The Labute approximate surface area is 106 Å². The number of rotatable bonds is 3. The molecule has 5 heteroatoms. The van der Waals surface area contributed by atoms with E-state index in [1.807, 2.05) is 6.92 Å². The maximum atomic E-state index is 9.95. The Morgan fingerprint density at radius 1 is 1.56 bits per heavy atom. The summed E-state index contributed by atoms with van der Waals surface area (Å²) in [6.45, 7) is 1.87. The molecule has 3 nitrogen and oxygen atoms in total. The van der Waals surface area contributed by atoms with E-state index in [-0.39, 0.29) is 65.4 Å². The van der Waals surface area contributed by atoms with E-state index in [2.05, 4.69) is 0 Å². The van der Waals surface area contributed by atoms with Crippen LogP contribution < -0.4 is 58.2 Å². The van der Waals surface area contributed by atoms with Crippen LogP contribution in [0.25, 0.3) is 0 Å². The summed E-state index contributed by atoms with van der Waals surface area (Å²) in [6, 6.07) is 0. The Morgan fingerprint density at radius 2 is 2.00 bits per heavy atom. The predicted molar refractivity (Wildman–Crippen MR) is 32.4 cm³/mol. The zero-order valence-electron chi connectivity index (χ0n) is 6.79. The van der Waals surface area contributed by atoms with E-state index in [4.69, 9.17) is 4.55 Å². The fraction of sp³-hybridized carbons (Fsp3) is 1.00. The molecule has 1 N–H and O–H groups in total. The van der Waals surface area contributed by atoms with Crippen LogP contribution in [-0.4, -0.2) is 18.7 Å². The Morgan fingerprint density at radius 3 is 2.11 bits per heavy atom. The Hall–Kier alpha value is 1.72. The molecule has 0 amide bonds. The van der Waals surface area contributed by atoms with Crippen molar-refractivity contribution in [3.63, 3.8) is 0 Å². The van der Waals surface area contributed by atoms with Gasteiger partial charge in [0, 0.05) is 0 Å². The minimum atomic E-state index is -3.69. The van der Waals surface area contributed by atoms with Gasteiger partial charge in [0.1, 0.15) is 0 Å². The summed E-state index contributed by atoms with van der Waals surface area (Å²) in [5.41, 5.74) is 0. The summed E-state index contributed by atoms with van der Waals surface area (Å²) in [5.74, 6) is -0.108. The van der Waals surface area contributed by atoms with E-state index in [0.717, 1.165) is 6.42 Å². The zero-order chi connectivity index (χ0) is 6.62. The second kappa shape index (κ2) is 6.43. The molecule has 0 radical (unpaired) electrons.